The molecule has 3 rings (SSSR count). The Morgan fingerprint density at radius 2 is 1.85 bits per heavy atom. The molecule has 2 saturated carbocycles. The molecule has 0 amide bonds. The zero-order chi connectivity index (χ0) is 14.1. The van der Waals surface area contributed by atoms with E-state index in [-0.39, 0.29) is 5.92 Å². The van der Waals surface area contributed by atoms with Gasteiger partial charge in [-0.25, -0.2) is 0 Å². The van der Waals surface area contributed by atoms with Crippen LogP contribution in [0.15, 0.2) is 0 Å². The Morgan fingerprint density at radius 1 is 1.15 bits per heavy atom. The van der Waals surface area contributed by atoms with Crippen LogP contribution in [0.5, 0.6) is 0 Å². The van der Waals surface area contributed by atoms with Crippen LogP contribution in [0.2, 0.25) is 0 Å². The fourth-order valence-corrected chi connectivity index (χ4v) is 4.07. The molecule has 2 N–H and O–H groups in total. The first-order valence-corrected chi connectivity index (χ1v) is 8.36. The Hall–Kier alpha value is -0.610. The van der Waals surface area contributed by atoms with Gasteiger partial charge in [-0.15, -0.1) is 0 Å². The van der Waals surface area contributed by atoms with Crippen molar-refractivity contribution in [2.75, 3.05) is 13.1 Å². The number of rotatable bonds is 5. The molecule has 114 valence electrons. The highest BCUT2D eigenvalue weighted by molar-refractivity contribution is 5.70. The number of carboxylic acid groups (broad SMARTS) is 1. The van der Waals surface area contributed by atoms with E-state index >= 15 is 0 Å². The van der Waals surface area contributed by atoms with Crippen molar-refractivity contribution in [1.82, 2.24) is 10.2 Å². The molecule has 1 heterocycles. The fraction of sp³-hybridized carbons (Fsp3) is 0.938. The van der Waals surface area contributed by atoms with Crippen LogP contribution in [-0.4, -0.2) is 47.2 Å². The number of aliphatic carboxylic acids is 1. The number of hydrogen-bond donors (Lipinski definition) is 2. The van der Waals surface area contributed by atoms with Gasteiger partial charge >= 0.3 is 5.97 Å². The van der Waals surface area contributed by atoms with Gasteiger partial charge in [0.1, 0.15) is 0 Å². The number of nitrogens with one attached hydrogen (secondary N) is 1. The molecule has 3 unspecified atom stereocenters. The second kappa shape index (κ2) is 6.02. The quantitative estimate of drug-likeness (QED) is 0.810. The summed E-state index contributed by atoms with van der Waals surface area (Å²) in [7, 11) is 0. The van der Waals surface area contributed by atoms with Gasteiger partial charge in [-0.2, -0.15) is 0 Å². The van der Waals surface area contributed by atoms with Gasteiger partial charge in [-0.05, 0) is 44.9 Å². The Balaban J connectivity index is 1.61. The summed E-state index contributed by atoms with van der Waals surface area (Å²) in [5.41, 5.74) is 0. The van der Waals surface area contributed by atoms with Crippen LogP contribution in [0.4, 0.5) is 0 Å². The fourth-order valence-electron chi connectivity index (χ4n) is 4.07. The molecule has 1 aliphatic heterocycles. The van der Waals surface area contributed by atoms with E-state index in [1.54, 1.807) is 0 Å². The maximum atomic E-state index is 11.4. The Kier molecular flexibility index (Phi) is 4.32. The minimum Gasteiger partial charge on any atom is -0.481 e. The summed E-state index contributed by atoms with van der Waals surface area (Å²) in [5.74, 6) is 0.00875. The highest BCUT2D eigenvalue weighted by Gasteiger charge is 2.39. The van der Waals surface area contributed by atoms with Gasteiger partial charge in [0.2, 0.25) is 0 Å². The Morgan fingerprint density at radius 3 is 2.45 bits per heavy atom. The van der Waals surface area contributed by atoms with Crippen molar-refractivity contribution in [2.24, 2.45) is 11.8 Å². The molecular weight excluding hydrogens is 252 g/mol. The lowest BCUT2D eigenvalue weighted by atomic mass is 9.92. The summed E-state index contributed by atoms with van der Waals surface area (Å²) in [5, 5.41) is 13.2. The monoisotopic (exact) mass is 280 g/mol. The Labute approximate surface area is 121 Å². The summed E-state index contributed by atoms with van der Waals surface area (Å²) in [6.07, 6.45) is 8.66. The maximum Gasteiger partial charge on any atom is 0.307 e. The van der Waals surface area contributed by atoms with Crippen molar-refractivity contribution in [1.29, 1.82) is 0 Å². The van der Waals surface area contributed by atoms with E-state index in [1.165, 1.54) is 38.5 Å². The molecule has 3 fully saturated rings. The lowest BCUT2D eigenvalue weighted by molar-refractivity contribution is -0.144. The van der Waals surface area contributed by atoms with Crippen LogP contribution in [-0.2, 0) is 4.79 Å². The lowest BCUT2D eigenvalue weighted by Gasteiger charge is -2.41. The number of piperidine rings is 1. The van der Waals surface area contributed by atoms with Crippen LogP contribution < -0.4 is 5.32 Å². The third-order valence-corrected chi connectivity index (χ3v) is 5.53. The maximum absolute atomic E-state index is 11.4. The van der Waals surface area contributed by atoms with Gasteiger partial charge in [0, 0.05) is 31.2 Å². The van der Waals surface area contributed by atoms with Crippen molar-refractivity contribution in [3.8, 4) is 0 Å². The molecule has 0 aromatic carbocycles. The van der Waals surface area contributed by atoms with E-state index in [9.17, 15) is 9.90 Å². The molecule has 2 aliphatic carbocycles. The van der Waals surface area contributed by atoms with Gasteiger partial charge < -0.3 is 10.4 Å². The van der Waals surface area contributed by atoms with Crippen LogP contribution in [0, 0.1) is 11.8 Å². The van der Waals surface area contributed by atoms with E-state index in [0.29, 0.717) is 18.1 Å². The molecule has 0 radical (unpaired) electrons. The van der Waals surface area contributed by atoms with Gasteiger partial charge in [0.15, 0.2) is 0 Å². The van der Waals surface area contributed by atoms with Crippen LogP contribution >= 0.6 is 0 Å². The summed E-state index contributed by atoms with van der Waals surface area (Å²) in [4.78, 5) is 13.9. The largest absolute Gasteiger partial charge is 0.481 e. The van der Waals surface area contributed by atoms with Crippen molar-refractivity contribution in [3.63, 3.8) is 0 Å². The van der Waals surface area contributed by atoms with Gasteiger partial charge in [0.25, 0.3) is 0 Å². The average molecular weight is 280 g/mol. The molecule has 1 saturated heterocycles. The molecule has 0 aromatic heterocycles. The number of hydrogen-bond acceptors (Lipinski definition) is 3. The normalized spacial score (nSPS) is 34.2. The van der Waals surface area contributed by atoms with E-state index in [2.05, 4.69) is 17.1 Å². The van der Waals surface area contributed by atoms with Gasteiger partial charge in [0.05, 0.1) is 5.92 Å². The standard InChI is InChI=1S/C16H28N2O2/c1-11(12-6-7-12)18-9-13(16(19)20)8-15(10-18)17-14-4-2-3-5-14/h11-15,17H,2-10H2,1H3,(H,19,20). The zero-order valence-corrected chi connectivity index (χ0v) is 12.6. The third-order valence-electron chi connectivity index (χ3n) is 5.53. The summed E-state index contributed by atoms with van der Waals surface area (Å²) < 4.78 is 0. The topological polar surface area (TPSA) is 52.6 Å². The minimum atomic E-state index is -0.615. The molecule has 3 aliphatic rings. The highest BCUT2D eigenvalue weighted by Crippen LogP contribution is 2.36. The van der Waals surface area contributed by atoms with Gasteiger partial charge in [-0.1, -0.05) is 12.8 Å². The molecule has 3 atom stereocenters. The predicted molar refractivity (Wildman–Crippen MR) is 78.7 cm³/mol. The van der Waals surface area contributed by atoms with Crippen molar-refractivity contribution in [3.05, 3.63) is 0 Å². The molecule has 0 spiro atoms. The van der Waals surface area contributed by atoms with Crippen LogP contribution in [0.3, 0.4) is 0 Å². The van der Waals surface area contributed by atoms with E-state index in [0.717, 1.165) is 25.4 Å². The first kappa shape index (κ1) is 14.3. The first-order valence-electron chi connectivity index (χ1n) is 8.36. The number of likely N-dealkylation sites (tertiary alicyclic amines) is 1. The highest BCUT2D eigenvalue weighted by atomic mass is 16.4. The molecule has 4 nitrogen and oxygen atoms in total. The van der Waals surface area contributed by atoms with Crippen molar-refractivity contribution in [2.45, 2.75) is 70.0 Å². The van der Waals surface area contributed by atoms with Crippen molar-refractivity contribution >= 4 is 5.97 Å². The molecule has 4 heteroatoms. The van der Waals surface area contributed by atoms with Gasteiger partial charge in [-0.3, -0.25) is 9.69 Å². The third kappa shape index (κ3) is 3.34. The zero-order valence-electron chi connectivity index (χ0n) is 12.6. The van der Waals surface area contributed by atoms with E-state index in [1.807, 2.05) is 0 Å². The second-order valence-corrected chi connectivity index (χ2v) is 7.15. The number of carboxylic acids is 1. The number of carbonyl (C=O) groups is 1. The SMILES string of the molecule is CC(C1CC1)N1CC(NC2CCCC2)CC(C(=O)O)C1. The van der Waals surface area contributed by atoms with E-state index < -0.39 is 5.97 Å². The van der Waals surface area contributed by atoms with E-state index in [4.69, 9.17) is 0 Å². The van der Waals surface area contributed by atoms with Crippen molar-refractivity contribution < 1.29 is 9.90 Å². The number of nitrogens with zero attached hydrogens (tertiary/aromatic N) is 1. The lowest BCUT2D eigenvalue weighted by Crippen LogP contribution is -2.55. The smallest absolute Gasteiger partial charge is 0.307 e. The summed E-state index contributed by atoms with van der Waals surface area (Å²) in [6, 6.07) is 1.56. The van der Waals surface area contributed by atoms with Crippen LogP contribution in [0.25, 0.3) is 0 Å². The second-order valence-electron chi connectivity index (χ2n) is 7.15. The predicted octanol–water partition coefficient (Wildman–Crippen LogP) is 2.09. The Bertz CT molecular complexity index is 350. The molecular formula is C16H28N2O2. The summed E-state index contributed by atoms with van der Waals surface area (Å²) >= 11 is 0. The molecule has 20 heavy (non-hydrogen) atoms. The summed E-state index contributed by atoms with van der Waals surface area (Å²) in [6.45, 7) is 4.07. The molecule has 0 bridgehead atoms. The average Bonchev–Trinajstić information content (AvgIpc) is 3.16. The minimum absolute atomic E-state index is 0.191. The molecule has 0 aromatic rings. The van der Waals surface area contributed by atoms with Crippen LogP contribution in [0.1, 0.15) is 51.9 Å². The first-order chi connectivity index (χ1) is 9.63.